The molecule has 0 aliphatic carbocycles. The van der Waals surface area contributed by atoms with Gasteiger partial charge in [-0.1, -0.05) is 98.5 Å². The van der Waals surface area contributed by atoms with Crippen molar-refractivity contribution in [2.45, 2.75) is 55.4 Å². The molecule has 147 valence electrons. The Kier molecular flexibility index (Phi) is 40.5. The average Bonchev–Trinajstić information content (AvgIpc) is 2.66. The Balaban J connectivity index is -0.0000000771. The van der Waals surface area contributed by atoms with E-state index in [0.29, 0.717) is 9.47 Å². The second kappa shape index (κ2) is 30.0. The Morgan fingerprint density at radius 2 is 0.680 bits per heavy atom. The molecule has 0 saturated carbocycles. The molecule has 2 aromatic carbocycles. The van der Waals surface area contributed by atoms with Crippen LogP contribution in [0.25, 0.3) is 0 Å². The van der Waals surface area contributed by atoms with Gasteiger partial charge in [-0.25, -0.2) is 0 Å². The van der Waals surface area contributed by atoms with Gasteiger partial charge in [0, 0.05) is 0 Å². The van der Waals surface area contributed by atoms with E-state index in [4.69, 9.17) is 0.594 Å². The van der Waals surface area contributed by atoms with E-state index in [0.717, 1.165) is 0 Å². The zero-order valence-electron chi connectivity index (χ0n) is 18.2. The maximum absolute atomic E-state index is 5.72. The quantitative estimate of drug-likeness (QED) is 0.188. The van der Waals surface area contributed by atoms with Crippen molar-refractivity contribution in [2.24, 2.45) is 0 Å². The molecule has 4 heteroatoms. The van der Waals surface area contributed by atoms with E-state index in [9.17, 15) is 0 Å². The summed E-state index contributed by atoms with van der Waals surface area (Å²) >= 11 is 6.14. The number of hydrogen-bond acceptors (Lipinski definition) is 0. The van der Waals surface area contributed by atoms with Gasteiger partial charge in [0.15, 0.2) is 0 Å². The fourth-order valence-corrected chi connectivity index (χ4v) is 1.27. The SMILES string of the molecule is CC.CC.Cc1ccc(C)cc1.Cc1ccc(C)cc1.[2H]I.[CH3-].[I][V][I]. The Bertz CT molecular complexity index is 360. The Morgan fingerprint density at radius 3 is 0.760 bits per heavy atom. The summed E-state index contributed by atoms with van der Waals surface area (Å²) in [5, 5.41) is 0. The number of halogens is 3. The van der Waals surface area contributed by atoms with E-state index in [1.807, 2.05) is 27.7 Å². The molecule has 0 N–H and O–H groups in total. The minimum atomic E-state index is 0. The van der Waals surface area contributed by atoms with Crippen molar-refractivity contribution in [1.29, 1.82) is 0.594 Å². The first-order valence-corrected chi connectivity index (χ1v) is 17.0. The van der Waals surface area contributed by atoms with Crippen LogP contribution in [0.2, 0.25) is 0 Å². The third kappa shape index (κ3) is 30.2. The van der Waals surface area contributed by atoms with Crippen LogP contribution in [0.15, 0.2) is 48.5 Å². The first kappa shape index (κ1) is 33.8. The fourth-order valence-electron chi connectivity index (χ4n) is 1.27. The first-order valence-electron chi connectivity index (χ1n) is 8.36. The van der Waals surface area contributed by atoms with Gasteiger partial charge in [0.05, 0.1) is 0 Å². The van der Waals surface area contributed by atoms with Gasteiger partial charge in [0.2, 0.25) is 0 Å². The molecule has 25 heavy (non-hydrogen) atoms. The van der Waals surface area contributed by atoms with E-state index in [-0.39, 0.29) is 7.43 Å². The molecule has 2 aromatic rings. The normalized spacial score (nSPS) is 7.24. The Hall–Kier alpha value is 1.21. The minimum absolute atomic E-state index is 0. The van der Waals surface area contributed by atoms with Crippen LogP contribution in [-0.2, 0) is 9.47 Å². The summed E-state index contributed by atoms with van der Waals surface area (Å²) in [5.41, 5.74) is 5.32. The summed E-state index contributed by atoms with van der Waals surface area (Å²) < 4.78 is 5.72. The van der Waals surface area contributed by atoms with Gasteiger partial charge in [0.25, 0.3) is 0 Å². The number of rotatable bonds is 0. The molecule has 0 unspecified atom stereocenters. The van der Waals surface area contributed by atoms with E-state index in [1.165, 1.54) is 46.0 Å². The molecule has 2 rings (SSSR count). The molecule has 0 spiro atoms. The third-order valence-electron chi connectivity index (χ3n) is 2.44. The topological polar surface area (TPSA) is 0 Å². The van der Waals surface area contributed by atoms with Gasteiger partial charge in [-0.05, 0) is 27.7 Å². The second-order valence-electron chi connectivity index (χ2n) is 4.37. The molecular weight excluding hydrogens is 684 g/mol. The van der Waals surface area contributed by atoms with E-state index < -0.39 is 0 Å². The van der Waals surface area contributed by atoms with Gasteiger partial charge in [0.1, 0.15) is 0.594 Å². The van der Waals surface area contributed by atoms with Crippen LogP contribution in [0.5, 0.6) is 0 Å². The van der Waals surface area contributed by atoms with Crippen molar-refractivity contribution in [3.8, 4) is 0 Å². The summed E-state index contributed by atoms with van der Waals surface area (Å²) in [7, 11) is 0.628. The average molecular weight is 721 g/mol. The molecular formula is C21H36I3V-. The molecule has 0 amide bonds. The molecule has 0 heterocycles. The van der Waals surface area contributed by atoms with E-state index in [2.05, 4.69) is 116 Å². The van der Waals surface area contributed by atoms with Gasteiger partial charge in [-0.15, -0.1) is 23.8 Å². The standard InChI is InChI=1S/2C8H10.2C2H6.CH3.3HI.V/c2*1-7-3-5-8(2)6-4-7;2*1-2;;;;;/h2*3-6H,1-2H3;2*1-2H3;1H3;3*1H;/q;;;;-1;;;;+2/p-2/i/hD. The molecule has 0 aliphatic rings. The number of aryl methyl sites for hydroxylation is 4. The summed E-state index contributed by atoms with van der Waals surface area (Å²) in [5.74, 6) is 0. The van der Waals surface area contributed by atoms with Crippen molar-refractivity contribution < 1.29 is 9.47 Å². The van der Waals surface area contributed by atoms with Crippen LogP contribution in [0.1, 0.15) is 49.9 Å². The van der Waals surface area contributed by atoms with Gasteiger partial charge in [-0.3, -0.25) is 0 Å². The summed E-state index contributed by atoms with van der Waals surface area (Å²) in [4.78, 5) is 0. The summed E-state index contributed by atoms with van der Waals surface area (Å²) in [6.45, 7) is 16.4. The molecule has 0 radical (unpaired) electrons. The second-order valence-corrected chi connectivity index (χ2v) is 16.2. The molecule has 0 fully saturated rings. The fraction of sp³-hybridized carbons (Fsp3) is 0.381. The van der Waals surface area contributed by atoms with Crippen LogP contribution >= 0.6 is 63.7 Å². The predicted molar refractivity (Wildman–Crippen MR) is 144 cm³/mol. The monoisotopic (exact) mass is 721 g/mol. The molecule has 0 bridgehead atoms. The van der Waals surface area contributed by atoms with Crippen molar-refractivity contribution >= 4 is 63.7 Å². The molecule has 0 aliphatic heterocycles. The van der Waals surface area contributed by atoms with Crippen molar-refractivity contribution in [3.63, 3.8) is 0 Å². The zero-order chi connectivity index (χ0) is 20.7. The van der Waals surface area contributed by atoms with Crippen LogP contribution < -0.4 is 0 Å². The summed E-state index contributed by atoms with van der Waals surface area (Å²) in [6, 6.07) is 17.0. The zero-order valence-corrected chi connectivity index (χ0v) is 25.1. The first-order chi connectivity index (χ1) is 12.0. The molecule has 0 saturated heterocycles. The summed E-state index contributed by atoms with van der Waals surface area (Å²) in [6.07, 6.45) is 0. The Morgan fingerprint density at radius 1 is 0.600 bits per heavy atom. The van der Waals surface area contributed by atoms with Crippen LogP contribution in [0.3, 0.4) is 0 Å². The van der Waals surface area contributed by atoms with Gasteiger partial charge >= 0.3 is 49.4 Å². The van der Waals surface area contributed by atoms with Crippen molar-refractivity contribution in [2.75, 3.05) is 0 Å². The maximum atomic E-state index is 5.72. The predicted octanol–water partition coefficient (Wildman–Crippen LogP) is 9.50. The molecule has 0 nitrogen and oxygen atoms in total. The molecule has 0 aromatic heterocycles. The van der Waals surface area contributed by atoms with Gasteiger partial charge < -0.3 is 7.43 Å². The number of hydrogen-bond donors (Lipinski definition) is 0. The van der Waals surface area contributed by atoms with Crippen molar-refractivity contribution in [1.82, 2.24) is 0 Å². The number of benzene rings is 2. The van der Waals surface area contributed by atoms with E-state index in [1.54, 1.807) is 0 Å². The third-order valence-corrected chi connectivity index (χ3v) is 2.44. The Labute approximate surface area is 205 Å². The molecule has 0 atom stereocenters. The van der Waals surface area contributed by atoms with Crippen molar-refractivity contribution in [3.05, 3.63) is 78.2 Å². The van der Waals surface area contributed by atoms with Gasteiger partial charge in [-0.2, -0.15) is 0 Å². The van der Waals surface area contributed by atoms with Crippen LogP contribution in [0, 0.1) is 35.1 Å². The van der Waals surface area contributed by atoms with Crippen LogP contribution in [-0.4, -0.2) is 0.594 Å². The van der Waals surface area contributed by atoms with E-state index >= 15 is 0 Å². The van der Waals surface area contributed by atoms with Crippen LogP contribution in [0.4, 0.5) is 0 Å².